The van der Waals surface area contributed by atoms with Gasteiger partial charge in [0.15, 0.2) is 0 Å². The second kappa shape index (κ2) is 6.87. The Bertz CT molecular complexity index is 447. The van der Waals surface area contributed by atoms with Gasteiger partial charge in [-0.3, -0.25) is 0 Å². The van der Waals surface area contributed by atoms with Gasteiger partial charge in [0.2, 0.25) is 5.88 Å². The summed E-state index contributed by atoms with van der Waals surface area (Å²) in [6, 6.07) is 3.73. The molecule has 0 unspecified atom stereocenters. The van der Waals surface area contributed by atoms with Crippen molar-refractivity contribution in [3.8, 4) is 5.88 Å². The molecule has 0 aromatic carbocycles. The molecular formula is C11H14N4O2S. The standard InChI is InChI=1S/C11H14N4O2S/c1-16-4-5-17-11-3-2-9(6-13-11)12-7-10-8-18-15-14-10/h2-3,6,8,12H,4-5,7H2,1H3. The predicted molar refractivity (Wildman–Crippen MR) is 68.8 cm³/mol. The zero-order valence-corrected chi connectivity index (χ0v) is 10.8. The molecule has 0 saturated carbocycles. The molecular weight excluding hydrogens is 252 g/mol. The lowest BCUT2D eigenvalue weighted by molar-refractivity contribution is 0.144. The fourth-order valence-corrected chi connectivity index (χ4v) is 1.70. The first-order valence-corrected chi connectivity index (χ1v) is 6.30. The van der Waals surface area contributed by atoms with E-state index in [1.807, 2.05) is 17.5 Å². The molecule has 0 aliphatic heterocycles. The maximum atomic E-state index is 5.37. The van der Waals surface area contributed by atoms with Crippen molar-refractivity contribution in [1.82, 2.24) is 14.6 Å². The van der Waals surface area contributed by atoms with E-state index >= 15 is 0 Å². The Kier molecular flexibility index (Phi) is 4.86. The highest BCUT2D eigenvalue weighted by molar-refractivity contribution is 7.03. The van der Waals surface area contributed by atoms with Gasteiger partial charge in [0.05, 0.1) is 30.7 Å². The molecule has 2 heterocycles. The molecule has 7 heteroatoms. The first-order chi connectivity index (χ1) is 8.88. The van der Waals surface area contributed by atoms with Crippen LogP contribution in [0.1, 0.15) is 5.69 Å². The molecule has 18 heavy (non-hydrogen) atoms. The Balaban J connectivity index is 1.80. The first-order valence-electron chi connectivity index (χ1n) is 5.46. The summed E-state index contributed by atoms with van der Waals surface area (Å²) in [5.41, 5.74) is 1.84. The molecule has 2 aromatic rings. The SMILES string of the molecule is COCCOc1ccc(NCc2csnn2)cn1. The molecule has 0 aliphatic carbocycles. The van der Waals surface area contributed by atoms with E-state index in [-0.39, 0.29) is 0 Å². The average molecular weight is 266 g/mol. The van der Waals surface area contributed by atoms with Crippen LogP contribution in [-0.4, -0.2) is 34.9 Å². The molecule has 1 N–H and O–H groups in total. The van der Waals surface area contributed by atoms with Crippen molar-refractivity contribution in [2.24, 2.45) is 0 Å². The van der Waals surface area contributed by atoms with Crippen molar-refractivity contribution in [1.29, 1.82) is 0 Å². The fourth-order valence-electron chi connectivity index (χ4n) is 1.25. The molecule has 0 fully saturated rings. The quantitative estimate of drug-likeness (QED) is 0.767. The summed E-state index contributed by atoms with van der Waals surface area (Å²) in [7, 11) is 1.64. The number of methoxy groups -OCH3 is 1. The summed E-state index contributed by atoms with van der Waals surface area (Å²) < 4.78 is 14.1. The average Bonchev–Trinajstić information content (AvgIpc) is 2.91. The number of hydrogen-bond donors (Lipinski definition) is 1. The summed E-state index contributed by atoms with van der Waals surface area (Å²) in [5, 5.41) is 9.05. The maximum Gasteiger partial charge on any atom is 0.213 e. The van der Waals surface area contributed by atoms with Gasteiger partial charge in [0.25, 0.3) is 0 Å². The number of anilines is 1. The van der Waals surface area contributed by atoms with Crippen LogP contribution in [0, 0.1) is 0 Å². The van der Waals surface area contributed by atoms with Crippen LogP contribution in [0.3, 0.4) is 0 Å². The lowest BCUT2D eigenvalue weighted by Crippen LogP contribution is -2.05. The van der Waals surface area contributed by atoms with Crippen LogP contribution in [0.2, 0.25) is 0 Å². The highest BCUT2D eigenvalue weighted by atomic mass is 32.1. The third-order valence-electron chi connectivity index (χ3n) is 2.15. The van der Waals surface area contributed by atoms with Crippen molar-refractivity contribution in [2.45, 2.75) is 6.54 Å². The molecule has 0 amide bonds. The van der Waals surface area contributed by atoms with Crippen LogP contribution in [0.4, 0.5) is 5.69 Å². The lowest BCUT2D eigenvalue weighted by Gasteiger charge is -2.06. The molecule has 2 rings (SSSR count). The highest BCUT2D eigenvalue weighted by Crippen LogP contribution is 2.12. The van der Waals surface area contributed by atoms with E-state index in [0.29, 0.717) is 25.6 Å². The van der Waals surface area contributed by atoms with Gasteiger partial charge in [-0.25, -0.2) is 4.98 Å². The monoisotopic (exact) mass is 266 g/mol. The Labute approximate surface area is 109 Å². The minimum Gasteiger partial charge on any atom is -0.475 e. The van der Waals surface area contributed by atoms with E-state index in [1.165, 1.54) is 11.5 Å². The van der Waals surface area contributed by atoms with E-state index < -0.39 is 0 Å². The highest BCUT2D eigenvalue weighted by Gasteiger charge is 1.99. The van der Waals surface area contributed by atoms with Crippen LogP contribution < -0.4 is 10.1 Å². The van der Waals surface area contributed by atoms with Crippen molar-refractivity contribution < 1.29 is 9.47 Å². The van der Waals surface area contributed by atoms with Gasteiger partial charge in [-0.15, -0.1) is 5.10 Å². The number of nitrogens with zero attached hydrogens (tertiary/aromatic N) is 3. The number of hydrogen-bond acceptors (Lipinski definition) is 7. The second-order valence-corrected chi connectivity index (χ2v) is 4.09. The van der Waals surface area contributed by atoms with Crippen molar-refractivity contribution in [3.63, 3.8) is 0 Å². The van der Waals surface area contributed by atoms with Crippen LogP contribution in [-0.2, 0) is 11.3 Å². The summed E-state index contributed by atoms with van der Waals surface area (Å²) in [6.07, 6.45) is 1.72. The molecule has 0 spiro atoms. The Hall–Kier alpha value is -1.73. The first kappa shape index (κ1) is 12.7. The van der Waals surface area contributed by atoms with Gasteiger partial charge in [-0.1, -0.05) is 4.49 Å². The number of rotatable bonds is 7. The molecule has 6 nitrogen and oxygen atoms in total. The fraction of sp³-hybridized carbons (Fsp3) is 0.364. The molecule has 2 aromatic heterocycles. The number of ether oxygens (including phenoxy) is 2. The van der Waals surface area contributed by atoms with Crippen molar-refractivity contribution in [2.75, 3.05) is 25.6 Å². The summed E-state index contributed by atoms with van der Waals surface area (Å²) in [6.45, 7) is 1.70. The van der Waals surface area contributed by atoms with Crippen molar-refractivity contribution in [3.05, 3.63) is 29.4 Å². The van der Waals surface area contributed by atoms with E-state index in [2.05, 4.69) is 19.9 Å². The zero-order chi connectivity index (χ0) is 12.6. The smallest absolute Gasteiger partial charge is 0.213 e. The Morgan fingerprint density at radius 1 is 1.33 bits per heavy atom. The molecule has 0 atom stereocenters. The minimum absolute atomic E-state index is 0.501. The van der Waals surface area contributed by atoms with Crippen LogP contribution in [0.15, 0.2) is 23.7 Å². The van der Waals surface area contributed by atoms with E-state index in [0.717, 1.165) is 11.4 Å². The summed E-state index contributed by atoms with van der Waals surface area (Å²) >= 11 is 1.34. The molecule has 0 radical (unpaired) electrons. The molecule has 0 aliphatic rings. The number of nitrogens with one attached hydrogen (secondary N) is 1. The van der Waals surface area contributed by atoms with Gasteiger partial charge in [0.1, 0.15) is 6.61 Å². The molecule has 0 bridgehead atoms. The Morgan fingerprint density at radius 3 is 2.94 bits per heavy atom. The largest absolute Gasteiger partial charge is 0.475 e. The van der Waals surface area contributed by atoms with Gasteiger partial charge in [-0.2, -0.15) is 0 Å². The van der Waals surface area contributed by atoms with Crippen molar-refractivity contribution >= 4 is 17.2 Å². The third-order valence-corrected chi connectivity index (χ3v) is 2.71. The minimum atomic E-state index is 0.501. The van der Waals surface area contributed by atoms with Gasteiger partial charge >= 0.3 is 0 Å². The second-order valence-electron chi connectivity index (χ2n) is 3.48. The van der Waals surface area contributed by atoms with E-state index in [4.69, 9.17) is 9.47 Å². The predicted octanol–water partition coefficient (Wildman–Crippen LogP) is 1.57. The molecule has 96 valence electrons. The third kappa shape index (κ3) is 3.94. The van der Waals surface area contributed by atoms with Crippen LogP contribution in [0.5, 0.6) is 5.88 Å². The maximum absolute atomic E-state index is 5.37. The van der Waals surface area contributed by atoms with Crippen LogP contribution in [0.25, 0.3) is 0 Å². The summed E-state index contributed by atoms with van der Waals surface area (Å²) in [4.78, 5) is 4.18. The van der Waals surface area contributed by atoms with Gasteiger partial charge in [0, 0.05) is 18.6 Å². The normalized spacial score (nSPS) is 10.3. The zero-order valence-electron chi connectivity index (χ0n) is 10.00. The summed E-state index contributed by atoms with van der Waals surface area (Å²) in [5.74, 6) is 0.591. The lowest BCUT2D eigenvalue weighted by atomic mass is 10.4. The molecule has 0 saturated heterocycles. The number of aromatic nitrogens is 3. The van der Waals surface area contributed by atoms with E-state index in [1.54, 1.807) is 13.3 Å². The Morgan fingerprint density at radius 2 is 2.28 bits per heavy atom. The van der Waals surface area contributed by atoms with Gasteiger partial charge in [-0.05, 0) is 17.6 Å². The number of pyridine rings is 1. The van der Waals surface area contributed by atoms with E-state index in [9.17, 15) is 0 Å². The van der Waals surface area contributed by atoms with Gasteiger partial charge < -0.3 is 14.8 Å². The van der Waals surface area contributed by atoms with Crippen LogP contribution >= 0.6 is 11.5 Å². The topological polar surface area (TPSA) is 69.2 Å².